The van der Waals surface area contributed by atoms with Crippen LogP contribution in [0.3, 0.4) is 0 Å². The van der Waals surface area contributed by atoms with Gasteiger partial charge in [0.1, 0.15) is 5.75 Å². The van der Waals surface area contributed by atoms with E-state index in [2.05, 4.69) is 15.9 Å². The predicted octanol–water partition coefficient (Wildman–Crippen LogP) is 1.67. The summed E-state index contributed by atoms with van der Waals surface area (Å²) in [4.78, 5) is 0. The Morgan fingerprint density at radius 1 is 1.53 bits per heavy atom. The molecule has 4 heteroatoms. The highest BCUT2D eigenvalue weighted by molar-refractivity contribution is 9.10. The van der Waals surface area contributed by atoms with Gasteiger partial charge in [-0.15, -0.1) is 0 Å². The average Bonchev–Trinajstić information content (AvgIpc) is 2.28. The largest absolute Gasteiger partial charge is 0.496 e. The van der Waals surface area contributed by atoms with Gasteiger partial charge in [-0.3, -0.25) is 0 Å². The van der Waals surface area contributed by atoms with E-state index in [1.165, 1.54) is 0 Å². The van der Waals surface area contributed by atoms with E-state index < -0.39 is 5.41 Å². The van der Waals surface area contributed by atoms with Gasteiger partial charge in [0.15, 0.2) is 0 Å². The molecule has 0 heterocycles. The van der Waals surface area contributed by atoms with Crippen molar-refractivity contribution in [3.8, 4) is 5.75 Å². The first-order valence-corrected chi connectivity index (χ1v) is 5.51. The molecule has 0 fully saturated rings. The van der Waals surface area contributed by atoms with Gasteiger partial charge in [0.2, 0.25) is 0 Å². The summed E-state index contributed by atoms with van der Waals surface area (Å²) in [7, 11) is 1.61. The van der Waals surface area contributed by atoms with Crippen molar-refractivity contribution < 1.29 is 9.84 Å². The molecule has 3 N–H and O–H groups in total. The van der Waals surface area contributed by atoms with Crippen LogP contribution in [0, 0.1) is 0 Å². The minimum absolute atomic E-state index is 0.0221. The van der Waals surface area contributed by atoms with Crippen molar-refractivity contribution in [2.45, 2.75) is 12.3 Å². The molecule has 0 aliphatic heterocycles. The number of aliphatic hydroxyl groups excluding tert-OH is 1. The van der Waals surface area contributed by atoms with E-state index in [1.807, 2.05) is 25.1 Å². The molecule has 0 aromatic heterocycles. The van der Waals surface area contributed by atoms with Crippen LogP contribution >= 0.6 is 15.9 Å². The van der Waals surface area contributed by atoms with Gasteiger partial charge >= 0.3 is 0 Å². The standard InChI is InChI=1S/C11H16BrNO2/c1-11(6-13,7-14)8-3-4-9(12)10(5-8)15-2/h3-5,14H,6-7,13H2,1-2H3. The Labute approximate surface area is 98.4 Å². The van der Waals surface area contributed by atoms with E-state index in [0.717, 1.165) is 15.8 Å². The van der Waals surface area contributed by atoms with E-state index in [4.69, 9.17) is 10.5 Å². The van der Waals surface area contributed by atoms with E-state index in [0.29, 0.717) is 6.54 Å². The fraction of sp³-hybridized carbons (Fsp3) is 0.455. The van der Waals surface area contributed by atoms with Crippen LogP contribution in [0.15, 0.2) is 22.7 Å². The molecular formula is C11H16BrNO2. The van der Waals surface area contributed by atoms with Crippen LogP contribution in [0.25, 0.3) is 0 Å². The minimum Gasteiger partial charge on any atom is -0.496 e. The van der Waals surface area contributed by atoms with Gasteiger partial charge < -0.3 is 15.6 Å². The summed E-state index contributed by atoms with van der Waals surface area (Å²) in [6.45, 7) is 2.35. The Hall–Kier alpha value is -0.580. The first kappa shape index (κ1) is 12.5. The third kappa shape index (κ3) is 2.51. The molecule has 0 saturated carbocycles. The van der Waals surface area contributed by atoms with Gasteiger partial charge in [0.05, 0.1) is 18.2 Å². The monoisotopic (exact) mass is 273 g/mol. The van der Waals surface area contributed by atoms with Crippen molar-refractivity contribution in [2.75, 3.05) is 20.3 Å². The first-order valence-electron chi connectivity index (χ1n) is 4.72. The molecule has 0 aliphatic rings. The number of rotatable bonds is 4. The SMILES string of the molecule is COc1cc(C(C)(CN)CO)ccc1Br. The lowest BCUT2D eigenvalue weighted by molar-refractivity contribution is 0.210. The third-order valence-electron chi connectivity index (χ3n) is 2.65. The number of ether oxygens (including phenoxy) is 1. The molecule has 1 rings (SSSR count). The topological polar surface area (TPSA) is 55.5 Å². The number of nitrogens with two attached hydrogens (primary N) is 1. The van der Waals surface area contributed by atoms with Crippen molar-refractivity contribution in [3.05, 3.63) is 28.2 Å². The predicted molar refractivity (Wildman–Crippen MR) is 64.2 cm³/mol. The highest BCUT2D eigenvalue weighted by Crippen LogP contribution is 2.31. The normalized spacial score (nSPS) is 14.7. The summed E-state index contributed by atoms with van der Waals surface area (Å²) >= 11 is 3.38. The van der Waals surface area contributed by atoms with E-state index in [9.17, 15) is 5.11 Å². The Balaban J connectivity index is 3.15. The fourth-order valence-electron chi connectivity index (χ4n) is 1.31. The van der Waals surface area contributed by atoms with Crippen molar-refractivity contribution in [1.82, 2.24) is 0 Å². The van der Waals surface area contributed by atoms with Gasteiger partial charge in [0, 0.05) is 12.0 Å². The van der Waals surface area contributed by atoms with Crippen LogP contribution in [0.2, 0.25) is 0 Å². The summed E-state index contributed by atoms with van der Waals surface area (Å²) in [5.74, 6) is 0.751. The third-order valence-corrected chi connectivity index (χ3v) is 3.30. The Morgan fingerprint density at radius 3 is 2.67 bits per heavy atom. The highest BCUT2D eigenvalue weighted by atomic mass is 79.9. The summed E-state index contributed by atoms with van der Waals surface area (Å²) in [5, 5.41) is 9.34. The number of hydrogen-bond acceptors (Lipinski definition) is 3. The van der Waals surface area contributed by atoms with Gasteiger partial charge in [-0.05, 0) is 33.6 Å². The number of aliphatic hydroxyl groups is 1. The van der Waals surface area contributed by atoms with Crippen LogP contribution in [0.5, 0.6) is 5.75 Å². The lowest BCUT2D eigenvalue weighted by Gasteiger charge is -2.26. The molecule has 1 atom stereocenters. The highest BCUT2D eigenvalue weighted by Gasteiger charge is 2.24. The quantitative estimate of drug-likeness (QED) is 0.878. The second-order valence-electron chi connectivity index (χ2n) is 3.77. The van der Waals surface area contributed by atoms with Gasteiger partial charge in [0.25, 0.3) is 0 Å². The molecule has 0 bridgehead atoms. The summed E-state index contributed by atoms with van der Waals surface area (Å²) in [5.41, 5.74) is 6.24. The Morgan fingerprint density at radius 2 is 2.20 bits per heavy atom. The zero-order valence-electron chi connectivity index (χ0n) is 8.96. The van der Waals surface area contributed by atoms with Crippen molar-refractivity contribution in [3.63, 3.8) is 0 Å². The van der Waals surface area contributed by atoms with Crippen LogP contribution in [0.4, 0.5) is 0 Å². The average molecular weight is 274 g/mol. The maximum atomic E-state index is 9.34. The zero-order valence-corrected chi connectivity index (χ0v) is 10.5. The smallest absolute Gasteiger partial charge is 0.133 e. The van der Waals surface area contributed by atoms with Crippen molar-refractivity contribution >= 4 is 15.9 Å². The molecule has 0 radical (unpaired) electrons. The molecule has 3 nitrogen and oxygen atoms in total. The maximum Gasteiger partial charge on any atom is 0.133 e. The second-order valence-corrected chi connectivity index (χ2v) is 4.63. The zero-order chi connectivity index (χ0) is 11.5. The number of halogens is 1. The molecular weight excluding hydrogens is 258 g/mol. The fourth-order valence-corrected chi connectivity index (χ4v) is 1.72. The first-order chi connectivity index (χ1) is 7.07. The lowest BCUT2D eigenvalue weighted by Crippen LogP contribution is -2.35. The van der Waals surface area contributed by atoms with E-state index >= 15 is 0 Å². The molecule has 0 spiro atoms. The summed E-state index contributed by atoms with van der Waals surface area (Å²) < 4.78 is 6.09. The van der Waals surface area contributed by atoms with E-state index in [-0.39, 0.29) is 6.61 Å². The molecule has 84 valence electrons. The Bertz CT molecular complexity index is 337. The number of benzene rings is 1. The van der Waals surface area contributed by atoms with E-state index in [1.54, 1.807) is 7.11 Å². The van der Waals surface area contributed by atoms with Crippen molar-refractivity contribution in [1.29, 1.82) is 0 Å². The molecule has 15 heavy (non-hydrogen) atoms. The Kier molecular flexibility index (Phi) is 4.13. The van der Waals surface area contributed by atoms with Crippen LogP contribution in [0.1, 0.15) is 12.5 Å². The second kappa shape index (κ2) is 4.96. The molecule has 1 unspecified atom stereocenters. The number of hydrogen-bond donors (Lipinski definition) is 2. The van der Waals surface area contributed by atoms with Crippen LogP contribution < -0.4 is 10.5 Å². The molecule has 0 amide bonds. The van der Waals surface area contributed by atoms with Gasteiger partial charge in [-0.25, -0.2) is 0 Å². The number of methoxy groups -OCH3 is 1. The molecule has 1 aromatic rings. The van der Waals surface area contributed by atoms with Crippen molar-refractivity contribution in [2.24, 2.45) is 5.73 Å². The summed E-state index contributed by atoms with van der Waals surface area (Å²) in [6, 6.07) is 5.74. The lowest BCUT2D eigenvalue weighted by atomic mass is 9.83. The van der Waals surface area contributed by atoms with Crippen LogP contribution in [-0.2, 0) is 5.41 Å². The molecule has 0 aliphatic carbocycles. The summed E-state index contributed by atoms with van der Waals surface area (Å²) in [6.07, 6.45) is 0. The molecule has 1 aromatic carbocycles. The maximum absolute atomic E-state index is 9.34. The van der Waals surface area contributed by atoms with Gasteiger partial charge in [-0.2, -0.15) is 0 Å². The van der Waals surface area contributed by atoms with Crippen LogP contribution in [-0.4, -0.2) is 25.4 Å². The molecule has 0 saturated heterocycles. The minimum atomic E-state index is -0.409. The van der Waals surface area contributed by atoms with Gasteiger partial charge in [-0.1, -0.05) is 13.0 Å².